The molecule has 0 spiro atoms. The van der Waals surface area contributed by atoms with Crippen molar-refractivity contribution in [2.45, 2.75) is 25.5 Å². The Morgan fingerprint density at radius 2 is 1.73 bits per heavy atom. The highest BCUT2D eigenvalue weighted by Gasteiger charge is 2.32. The number of hydrogen-bond donors (Lipinski definition) is 0. The average Bonchev–Trinajstić information content (AvgIpc) is 3.34. The van der Waals surface area contributed by atoms with Gasteiger partial charge in [-0.3, -0.25) is 19.5 Å². The molecule has 2 heterocycles. The van der Waals surface area contributed by atoms with Crippen LogP contribution in [-0.2, 0) is 13.0 Å². The summed E-state index contributed by atoms with van der Waals surface area (Å²) in [5, 5.41) is 11.0. The maximum Gasteiger partial charge on any atom is 0.271 e. The number of rotatable bonds is 6. The summed E-state index contributed by atoms with van der Waals surface area (Å²) < 4.78 is 11.4. The zero-order chi connectivity index (χ0) is 31.2. The van der Waals surface area contributed by atoms with Crippen molar-refractivity contribution in [3.63, 3.8) is 0 Å². The van der Waals surface area contributed by atoms with E-state index in [-0.39, 0.29) is 23.9 Å². The number of ether oxygens (including phenoxy) is 1. The van der Waals surface area contributed by atoms with Crippen LogP contribution in [0.4, 0.5) is 5.69 Å². The molecule has 4 aromatic carbocycles. The van der Waals surface area contributed by atoms with Crippen molar-refractivity contribution in [3.05, 3.63) is 160 Å². The SMILES string of the molecule is O=c1/c(=C/c2cc(I)c(OCc3ccc([N+](=O)[O-])cc3)c(I)c2)sc2n1[C@@H](c1ccc(Br)cc1)C1=C(N=2)c2ccccc2CC1. The van der Waals surface area contributed by atoms with Gasteiger partial charge in [-0.25, -0.2) is 4.99 Å². The monoisotopic (exact) mass is 901 g/mol. The second kappa shape index (κ2) is 12.6. The number of hydrogen-bond acceptors (Lipinski definition) is 6. The van der Waals surface area contributed by atoms with E-state index in [4.69, 9.17) is 9.73 Å². The molecule has 7 rings (SSSR count). The molecule has 2 aliphatic rings. The molecule has 0 amide bonds. The molecule has 224 valence electrons. The molecule has 1 atom stereocenters. The van der Waals surface area contributed by atoms with Crippen LogP contribution in [0.15, 0.2) is 105 Å². The molecule has 0 radical (unpaired) electrons. The molecule has 45 heavy (non-hydrogen) atoms. The number of fused-ring (bicyclic) bond motifs is 3. The van der Waals surface area contributed by atoms with Gasteiger partial charge < -0.3 is 4.74 Å². The van der Waals surface area contributed by atoms with Crippen LogP contribution in [-0.4, -0.2) is 9.49 Å². The highest BCUT2D eigenvalue weighted by atomic mass is 127. The average molecular weight is 902 g/mol. The predicted octanol–water partition coefficient (Wildman–Crippen LogP) is 7.78. The van der Waals surface area contributed by atoms with Crippen molar-refractivity contribution in [3.8, 4) is 5.75 Å². The van der Waals surface area contributed by atoms with Crippen LogP contribution in [0.1, 0.15) is 40.3 Å². The number of nitrogens with zero attached hydrogens (tertiary/aromatic N) is 3. The van der Waals surface area contributed by atoms with E-state index in [9.17, 15) is 14.9 Å². The van der Waals surface area contributed by atoms with Crippen molar-refractivity contribution in [1.82, 2.24) is 4.57 Å². The number of benzene rings is 4. The summed E-state index contributed by atoms with van der Waals surface area (Å²) in [5.74, 6) is 0.731. The van der Waals surface area contributed by atoms with Crippen molar-refractivity contribution in [2.75, 3.05) is 0 Å². The lowest BCUT2D eigenvalue weighted by atomic mass is 9.83. The minimum atomic E-state index is -0.416. The molecule has 0 unspecified atom stereocenters. The Morgan fingerprint density at radius 3 is 2.44 bits per heavy atom. The third-order valence-corrected chi connectivity index (χ3v) is 11.0. The Morgan fingerprint density at radius 1 is 1.02 bits per heavy atom. The van der Waals surface area contributed by atoms with Gasteiger partial charge >= 0.3 is 0 Å². The van der Waals surface area contributed by atoms with Gasteiger partial charge in [0.15, 0.2) is 4.80 Å². The maximum atomic E-state index is 14.1. The largest absolute Gasteiger partial charge is 0.487 e. The van der Waals surface area contributed by atoms with Crippen LogP contribution in [0.25, 0.3) is 11.8 Å². The van der Waals surface area contributed by atoms with E-state index >= 15 is 0 Å². The fourth-order valence-corrected chi connectivity index (χ4v) is 9.18. The number of aryl methyl sites for hydroxylation is 1. The minimum Gasteiger partial charge on any atom is -0.487 e. The van der Waals surface area contributed by atoms with Gasteiger partial charge in [0.05, 0.1) is 28.3 Å². The molecule has 0 N–H and O–H groups in total. The molecular weight excluding hydrogens is 880 g/mol. The summed E-state index contributed by atoms with van der Waals surface area (Å²) in [6, 6.07) is 26.8. The molecule has 0 saturated carbocycles. The lowest BCUT2D eigenvalue weighted by Crippen LogP contribution is -2.38. The standard InChI is InChI=1S/C34H22BrI2N3O4S/c35-23-10-7-22(8-11-23)31-26-14-9-21-3-1-2-4-25(21)30(26)38-34-39(31)33(41)29(45-34)17-20-15-27(36)32(28(37)16-20)44-18-19-5-12-24(13-6-19)40(42)43/h1-8,10-13,15-17,31H,9,14,18H2/b29-17-/t31-/m0/s1. The molecule has 11 heteroatoms. The van der Waals surface area contributed by atoms with Gasteiger partial charge in [-0.05, 0) is 128 Å². The first kappa shape index (κ1) is 30.5. The second-order valence-electron chi connectivity index (χ2n) is 10.7. The molecule has 7 nitrogen and oxygen atoms in total. The molecule has 1 aliphatic carbocycles. The highest BCUT2D eigenvalue weighted by molar-refractivity contribution is 14.1. The third-order valence-electron chi connectivity index (χ3n) is 7.91. The Balaban J connectivity index is 1.27. The maximum absolute atomic E-state index is 14.1. The number of thiazole rings is 1. The van der Waals surface area contributed by atoms with E-state index in [2.05, 4.69) is 97.5 Å². The van der Waals surface area contributed by atoms with Crippen LogP contribution >= 0.6 is 72.4 Å². The van der Waals surface area contributed by atoms with Crippen molar-refractivity contribution in [1.29, 1.82) is 0 Å². The summed E-state index contributed by atoms with van der Waals surface area (Å²) in [5.41, 5.74) is 7.37. The Bertz CT molecular complexity index is 2190. The number of non-ortho nitro benzene ring substituents is 1. The molecule has 0 fully saturated rings. The van der Waals surface area contributed by atoms with Crippen LogP contribution in [0.5, 0.6) is 5.75 Å². The Kier molecular flexibility index (Phi) is 8.52. The van der Waals surface area contributed by atoms with E-state index in [1.54, 1.807) is 12.1 Å². The normalized spacial score (nSPS) is 15.6. The lowest BCUT2D eigenvalue weighted by Gasteiger charge is -2.30. The molecule has 0 saturated heterocycles. The number of aromatic nitrogens is 1. The molecule has 5 aromatic rings. The van der Waals surface area contributed by atoms with Gasteiger partial charge in [-0.2, -0.15) is 0 Å². The highest BCUT2D eigenvalue weighted by Crippen LogP contribution is 2.41. The van der Waals surface area contributed by atoms with Gasteiger partial charge in [0.25, 0.3) is 11.2 Å². The van der Waals surface area contributed by atoms with Gasteiger partial charge in [-0.1, -0.05) is 63.7 Å². The van der Waals surface area contributed by atoms with Crippen LogP contribution in [0.2, 0.25) is 0 Å². The minimum absolute atomic E-state index is 0.0469. The van der Waals surface area contributed by atoms with Gasteiger partial charge in [0.2, 0.25) is 0 Å². The zero-order valence-corrected chi connectivity index (χ0v) is 30.1. The van der Waals surface area contributed by atoms with Gasteiger partial charge in [0.1, 0.15) is 12.4 Å². The number of nitro groups is 1. The van der Waals surface area contributed by atoms with Crippen LogP contribution in [0.3, 0.4) is 0 Å². The lowest BCUT2D eigenvalue weighted by molar-refractivity contribution is -0.384. The summed E-state index contributed by atoms with van der Waals surface area (Å²) in [4.78, 5) is 30.5. The summed E-state index contributed by atoms with van der Waals surface area (Å²) in [6.07, 6.45) is 3.69. The number of nitro benzene ring substituents is 1. The summed E-state index contributed by atoms with van der Waals surface area (Å²) in [7, 11) is 0. The number of allylic oxidation sites excluding steroid dienone is 1. The topological polar surface area (TPSA) is 86.7 Å². The molecule has 1 aliphatic heterocycles. The van der Waals surface area contributed by atoms with Gasteiger partial charge in [-0.15, -0.1) is 0 Å². The van der Waals surface area contributed by atoms with Crippen molar-refractivity contribution < 1.29 is 9.66 Å². The van der Waals surface area contributed by atoms with E-state index in [0.717, 1.165) is 58.2 Å². The summed E-state index contributed by atoms with van der Waals surface area (Å²) in [6.45, 7) is 0.284. The first-order chi connectivity index (χ1) is 21.8. The van der Waals surface area contributed by atoms with Crippen molar-refractivity contribution in [2.24, 2.45) is 4.99 Å². The number of halogens is 3. The van der Waals surface area contributed by atoms with E-state index in [0.29, 0.717) is 9.33 Å². The van der Waals surface area contributed by atoms with E-state index < -0.39 is 4.92 Å². The molecule has 1 aromatic heterocycles. The van der Waals surface area contributed by atoms with Crippen molar-refractivity contribution >= 4 is 89.9 Å². The third kappa shape index (κ3) is 5.95. The second-order valence-corrected chi connectivity index (χ2v) is 14.9. The molecular formula is C34H22BrI2N3O4S. The zero-order valence-electron chi connectivity index (χ0n) is 23.4. The van der Waals surface area contributed by atoms with Gasteiger partial charge in [0, 0.05) is 22.2 Å². The van der Waals surface area contributed by atoms with E-state index in [1.807, 2.05) is 34.9 Å². The van der Waals surface area contributed by atoms with Crippen LogP contribution in [0, 0.1) is 17.3 Å². The van der Waals surface area contributed by atoms with E-state index in [1.165, 1.54) is 34.6 Å². The molecule has 0 bridgehead atoms. The smallest absolute Gasteiger partial charge is 0.271 e. The fourth-order valence-electron chi connectivity index (χ4n) is 5.79. The Labute approximate surface area is 297 Å². The fraction of sp³-hybridized carbons (Fsp3) is 0.118. The summed E-state index contributed by atoms with van der Waals surface area (Å²) >= 11 is 9.46. The first-order valence-corrected chi connectivity index (χ1v) is 17.8. The quantitative estimate of drug-likeness (QED) is 0.0991. The Hall–Kier alpha value is -3.14. The predicted molar refractivity (Wildman–Crippen MR) is 196 cm³/mol. The van der Waals surface area contributed by atoms with Crippen LogP contribution < -0.4 is 19.6 Å². The first-order valence-electron chi connectivity index (χ1n) is 14.0.